The zero-order chi connectivity index (χ0) is 13.5. The summed E-state index contributed by atoms with van der Waals surface area (Å²) in [6, 6.07) is 7.20. The number of halogens is 3. The highest BCUT2D eigenvalue weighted by molar-refractivity contribution is 9.10. The molecule has 1 aliphatic rings. The second-order valence-corrected chi connectivity index (χ2v) is 4.98. The van der Waals surface area contributed by atoms with E-state index in [-0.39, 0.29) is 18.5 Å². The maximum absolute atomic E-state index is 5.56. The minimum atomic E-state index is 0. The Hall–Kier alpha value is -0.950. The van der Waals surface area contributed by atoms with Crippen LogP contribution in [0.1, 0.15) is 0 Å². The predicted molar refractivity (Wildman–Crippen MR) is 83.5 cm³/mol. The van der Waals surface area contributed by atoms with Crippen molar-refractivity contribution in [1.29, 1.82) is 0 Å². The summed E-state index contributed by atoms with van der Waals surface area (Å²) >= 11 is 8.74. The summed E-state index contributed by atoms with van der Waals surface area (Å²) in [7, 11) is 0. The molecule has 0 bridgehead atoms. The van der Waals surface area contributed by atoms with Crippen molar-refractivity contribution in [1.82, 2.24) is 20.5 Å². The number of hydrogen-bond donors (Lipinski definition) is 1. The number of hydrogen-bond acceptors (Lipinski definition) is 5. The molecule has 0 radical (unpaired) electrons. The second kappa shape index (κ2) is 9.07. The van der Waals surface area contributed by atoms with Crippen LogP contribution in [0.5, 0.6) is 5.88 Å². The van der Waals surface area contributed by atoms with Gasteiger partial charge < -0.3 is 10.1 Å². The van der Waals surface area contributed by atoms with Crippen molar-refractivity contribution in [2.24, 2.45) is 0 Å². The van der Waals surface area contributed by atoms with E-state index in [0.29, 0.717) is 11.0 Å². The number of nitrogens with one attached hydrogen (secondary N) is 1. The van der Waals surface area contributed by atoms with Crippen molar-refractivity contribution in [2.75, 3.05) is 13.1 Å². The Bertz CT molecular complexity index is 514. The van der Waals surface area contributed by atoms with E-state index in [1.54, 1.807) is 24.5 Å². The molecule has 5 nitrogen and oxygen atoms in total. The molecule has 108 valence electrons. The van der Waals surface area contributed by atoms with Crippen LogP contribution in [0.3, 0.4) is 0 Å². The molecular weight excluding hydrogens is 367 g/mol. The van der Waals surface area contributed by atoms with Crippen molar-refractivity contribution >= 4 is 39.9 Å². The molecule has 0 unspecified atom stereocenters. The van der Waals surface area contributed by atoms with Crippen LogP contribution in [0.2, 0.25) is 5.15 Å². The molecule has 1 saturated heterocycles. The predicted octanol–water partition coefficient (Wildman–Crippen LogP) is 2.75. The van der Waals surface area contributed by atoms with Crippen LogP contribution in [0.25, 0.3) is 0 Å². The van der Waals surface area contributed by atoms with Gasteiger partial charge in [-0.25, -0.2) is 4.98 Å². The van der Waals surface area contributed by atoms with E-state index in [1.807, 2.05) is 12.1 Å². The number of rotatable bonds is 2. The molecule has 0 amide bonds. The molecular formula is C12H13BrCl2N4O. The Morgan fingerprint density at radius 3 is 2.45 bits per heavy atom. The molecule has 2 aromatic rings. The van der Waals surface area contributed by atoms with Crippen LogP contribution in [-0.2, 0) is 0 Å². The van der Waals surface area contributed by atoms with Crippen LogP contribution in [-0.4, -0.2) is 34.4 Å². The summed E-state index contributed by atoms with van der Waals surface area (Å²) in [5.41, 5.74) is 0. The van der Waals surface area contributed by atoms with E-state index in [0.717, 1.165) is 17.6 Å². The first-order valence-corrected chi connectivity index (χ1v) is 6.84. The van der Waals surface area contributed by atoms with Crippen molar-refractivity contribution in [3.05, 3.63) is 46.3 Å². The lowest BCUT2D eigenvalue weighted by Crippen LogP contribution is -2.50. The molecule has 0 spiro atoms. The van der Waals surface area contributed by atoms with Crippen molar-refractivity contribution < 1.29 is 4.74 Å². The van der Waals surface area contributed by atoms with Crippen LogP contribution in [0.15, 0.2) is 41.1 Å². The number of pyridine rings is 1. The fourth-order valence-electron chi connectivity index (χ4n) is 1.24. The van der Waals surface area contributed by atoms with Gasteiger partial charge in [0.25, 0.3) is 0 Å². The third-order valence-corrected chi connectivity index (χ3v) is 3.09. The molecule has 1 aliphatic heterocycles. The molecule has 2 aromatic heterocycles. The van der Waals surface area contributed by atoms with Crippen LogP contribution in [0, 0.1) is 0 Å². The third kappa shape index (κ3) is 5.58. The minimum absolute atomic E-state index is 0. The lowest BCUT2D eigenvalue weighted by molar-refractivity contribution is 0.135. The Balaban J connectivity index is 0.000000216. The van der Waals surface area contributed by atoms with Gasteiger partial charge in [0, 0.05) is 25.5 Å². The lowest BCUT2D eigenvalue weighted by Gasteiger charge is -2.27. The van der Waals surface area contributed by atoms with E-state index < -0.39 is 0 Å². The Labute approximate surface area is 136 Å². The van der Waals surface area contributed by atoms with Crippen molar-refractivity contribution in [3.8, 4) is 5.88 Å². The highest BCUT2D eigenvalue weighted by Crippen LogP contribution is 2.22. The van der Waals surface area contributed by atoms with E-state index in [2.05, 4.69) is 36.4 Å². The van der Waals surface area contributed by atoms with Gasteiger partial charge in [-0.3, -0.25) is 0 Å². The summed E-state index contributed by atoms with van der Waals surface area (Å²) in [5, 5.41) is 10.6. The van der Waals surface area contributed by atoms with Gasteiger partial charge in [-0.05, 0) is 40.2 Å². The molecule has 3 heterocycles. The van der Waals surface area contributed by atoms with Gasteiger partial charge in [0.05, 0.1) is 4.47 Å². The molecule has 1 N–H and O–H groups in total. The van der Waals surface area contributed by atoms with Crippen LogP contribution < -0.4 is 10.1 Å². The Morgan fingerprint density at radius 1 is 1.25 bits per heavy atom. The molecule has 1 fully saturated rings. The summed E-state index contributed by atoms with van der Waals surface area (Å²) < 4.78 is 6.47. The molecule has 0 atom stereocenters. The Kier molecular flexibility index (Phi) is 7.76. The van der Waals surface area contributed by atoms with Gasteiger partial charge in [0.15, 0.2) is 5.15 Å². The maximum atomic E-state index is 5.56. The zero-order valence-corrected chi connectivity index (χ0v) is 13.5. The first-order valence-electron chi connectivity index (χ1n) is 5.67. The second-order valence-electron chi connectivity index (χ2n) is 3.73. The van der Waals surface area contributed by atoms with Gasteiger partial charge in [-0.2, -0.15) is 5.10 Å². The number of nitrogens with zero attached hydrogens (tertiary/aromatic N) is 3. The van der Waals surface area contributed by atoms with Gasteiger partial charge in [0.1, 0.15) is 6.10 Å². The van der Waals surface area contributed by atoms with E-state index in [4.69, 9.17) is 16.3 Å². The van der Waals surface area contributed by atoms with Crippen molar-refractivity contribution in [2.45, 2.75) is 6.10 Å². The average Bonchev–Trinajstić information content (AvgIpc) is 2.37. The number of ether oxygens (including phenoxy) is 1. The monoisotopic (exact) mass is 378 g/mol. The molecule has 20 heavy (non-hydrogen) atoms. The van der Waals surface area contributed by atoms with Gasteiger partial charge >= 0.3 is 0 Å². The normalized spacial score (nSPS) is 13.3. The highest BCUT2D eigenvalue weighted by atomic mass is 79.9. The topological polar surface area (TPSA) is 59.9 Å². The van der Waals surface area contributed by atoms with Gasteiger partial charge in [-0.1, -0.05) is 11.6 Å². The largest absolute Gasteiger partial charge is 0.471 e. The average molecular weight is 380 g/mol. The smallest absolute Gasteiger partial charge is 0.228 e. The third-order valence-electron chi connectivity index (χ3n) is 2.29. The lowest BCUT2D eigenvalue weighted by atomic mass is 10.2. The fourth-order valence-corrected chi connectivity index (χ4v) is 1.71. The fraction of sp³-hybridized carbons (Fsp3) is 0.250. The Morgan fingerprint density at radius 2 is 2.00 bits per heavy atom. The van der Waals surface area contributed by atoms with Crippen molar-refractivity contribution in [3.63, 3.8) is 0 Å². The molecule has 8 heteroatoms. The molecule has 0 saturated carbocycles. The van der Waals surface area contributed by atoms with Gasteiger partial charge in [-0.15, -0.1) is 17.5 Å². The van der Waals surface area contributed by atoms with Gasteiger partial charge in [0.2, 0.25) is 5.88 Å². The number of aromatic nitrogens is 3. The zero-order valence-electron chi connectivity index (χ0n) is 10.4. The summed E-state index contributed by atoms with van der Waals surface area (Å²) in [6.45, 7) is 1.84. The van der Waals surface area contributed by atoms with E-state index >= 15 is 0 Å². The first kappa shape index (κ1) is 17.1. The molecule has 0 aromatic carbocycles. The minimum Gasteiger partial charge on any atom is -0.471 e. The molecule has 3 rings (SSSR count). The summed E-state index contributed by atoms with van der Waals surface area (Å²) in [4.78, 5) is 4.10. The van der Waals surface area contributed by atoms with E-state index in [9.17, 15) is 0 Å². The first-order chi connectivity index (χ1) is 9.25. The SMILES string of the molecule is Brc1cccnc1OC1CNC1.Cl.Clc1cccnn1. The summed E-state index contributed by atoms with van der Waals surface area (Å²) in [6.07, 6.45) is 3.59. The standard InChI is InChI=1S/C8H9BrN2O.C4H3ClN2.ClH/c9-7-2-1-3-11-8(7)12-6-4-10-5-6;5-4-2-1-3-6-7-4;/h1-3,6,10H,4-5H2;1-3H;1H. The highest BCUT2D eigenvalue weighted by Gasteiger charge is 2.19. The quantitative estimate of drug-likeness (QED) is 0.869. The molecule has 0 aliphatic carbocycles. The van der Waals surface area contributed by atoms with Crippen LogP contribution >= 0.6 is 39.9 Å². The maximum Gasteiger partial charge on any atom is 0.228 e. The van der Waals surface area contributed by atoms with Crippen LogP contribution in [0.4, 0.5) is 0 Å². The van der Waals surface area contributed by atoms with E-state index in [1.165, 1.54) is 0 Å². The summed E-state index contributed by atoms with van der Waals surface area (Å²) in [5.74, 6) is 0.684.